The maximum atomic E-state index is 4.87. The predicted molar refractivity (Wildman–Crippen MR) is 101 cm³/mol. The van der Waals surface area contributed by atoms with Crippen LogP contribution < -0.4 is 5.32 Å². The number of aromatic nitrogens is 5. The number of thiophene rings is 1. The van der Waals surface area contributed by atoms with Crippen molar-refractivity contribution in [2.45, 2.75) is 19.8 Å². The lowest BCUT2D eigenvalue weighted by Gasteiger charge is -2.03. The van der Waals surface area contributed by atoms with Crippen LogP contribution in [0.5, 0.6) is 0 Å². The van der Waals surface area contributed by atoms with E-state index in [2.05, 4.69) is 33.4 Å². The molecule has 7 heteroatoms. The van der Waals surface area contributed by atoms with Crippen LogP contribution in [0.4, 0.5) is 0 Å². The third-order valence-electron chi connectivity index (χ3n) is 5.67. The lowest BCUT2D eigenvalue weighted by Crippen LogP contribution is -2.13. The van der Waals surface area contributed by atoms with Crippen molar-refractivity contribution >= 4 is 27.3 Å². The Labute approximate surface area is 154 Å². The standard InChI is InChI=1S/C19H18N6S/c1-9-3-13(24-25-8-10(2)22-18(9)25)15-7-21-14-4-16(26-19(14)23-15)17-11-5-20-6-12(11)17/h3-4,7-8,11-12,17,20H,5-6H2,1-2H3/t11-,12+,17?. The molecular formula is C19H18N6S. The number of aryl methyl sites for hydroxylation is 2. The Bertz CT molecular complexity index is 1170. The van der Waals surface area contributed by atoms with Crippen LogP contribution in [-0.2, 0) is 0 Å². The third-order valence-corrected chi connectivity index (χ3v) is 6.79. The second-order valence-electron chi connectivity index (χ2n) is 7.47. The molecular weight excluding hydrogens is 344 g/mol. The minimum atomic E-state index is 0.714. The highest BCUT2D eigenvalue weighted by Crippen LogP contribution is 2.57. The van der Waals surface area contributed by atoms with Crippen molar-refractivity contribution in [1.29, 1.82) is 0 Å². The zero-order chi connectivity index (χ0) is 17.4. The zero-order valence-electron chi connectivity index (χ0n) is 14.6. The van der Waals surface area contributed by atoms with Crippen molar-refractivity contribution < 1.29 is 0 Å². The number of hydrogen-bond acceptors (Lipinski definition) is 6. The van der Waals surface area contributed by atoms with E-state index in [1.165, 1.54) is 4.88 Å². The summed E-state index contributed by atoms with van der Waals surface area (Å²) in [6, 6.07) is 4.28. The van der Waals surface area contributed by atoms with E-state index in [0.717, 1.165) is 63.6 Å². The summed E-state index contributed by atoms with van der Waals surface area (Å²) < 4.78 is 1.84. The Balaban J connectivity index is 1.42. The number of rotatable bonds is 2. The average Bonchev–Trinajstić information content (AvgIpc) is 3.06. The summed E-state index contributed by atoms with van der Waals surface area (Å²) in [6.45, 7) is 6.35. The van der Waals surface area contributed by atoms with Gasteiger partial charge < -0.3 is 5.32 Å². The maximum Gasteiger partial charge on any atom is 0.156 e. The van der Waals surface area contributed by atoms with Gasteiger partial charge in [-0.25, -0.2) is 14.5 Å². The van der Waals surface area contributed by atoms with Gasteiger partial charge in [0.1, 0.15) is 21.7 Å². The van der Waals surface area contributed by atoms with Gasteiger partial charge in [0.25, 0.3) is 0 Å². The molecule has 4 aromatic rings. The molecule has 0 aromatic carbocycles. The first-order valence-electron chi connectivity index (χ1n) is 8.98. The molecule has 0 amide bonds. The molecule has 6 nitrogen and oxygen atoms in total. The van der Waals surface area contributed by atoms with E-state index in [0.29, 0.717) is 5.92 Å². The molecule has 1 aliphatic heterocycles. The van der Waals surface area contributed by atoms with Gasteiger partial charge in [-0.3, -0.25) is 4.98 Å². The quantitative estimate of drug-likeness (QED) is 0.594. The van der Waals surface area contributed by atoms with Gasteiger partial charge in [0.05, 0.1) is 18.1 Å². The number of fused-ring (bicyclic) bond motifs is 3. The van der Waals surface area contributed by atoms with Crippen molar-refractivity contribution in [1.82, 2.24) is 29.9 Å². The van der Waals surface area contributed by atoms with Gasteiger partial charge in [0.15, 0.2) is 5.65 Å². The molecule has 0 bridgehead atoms. The molecule has 1 aliphatic carbocycles. The average molecular weight is 362 g/mol. The highest BCUT2D eigenvalue weighted by Gasteiger charge is 2.54. The van der Waals surface area contributed by atoms with Crippen molar-refractivity contribution in [2.24, 2.45) is 11.8 Å². The first kappa shape index (κ1) is 14.8. The topological polar surface area (TPSA) is 68.0 Å². The van der Waals surface area contributed by atoms with Crippen molar-refractivity contribution in [3.05, 3.63) is 40.7 Å². The van der Waals surface area contributed by atoms with Crippen LogP contribution in [0.25, 0.3) is 27.4 Å². The van der Waals surface area contributed by atoms with E-state index < -0.39 is 0 Å². The first-order valence-corrected chi connectivity index (χ1v) is 9.80. The van der Waals surface area contributed by atoms with Crippen LogP contribution in [0.15, 0.2) is 24.5 Å². The summed E-state index contributed by atoms with van der Waals surface area (Å²) >= 11 is 1.80. The van der Waals surface area contributed by atoms with E-state index >= 15 is 0 Å². The van der Waals surface area contributed by atoms with E-state index in [1.807, 2.05) is 29.9 Å². The molecule has 1 saturated heterocycles. The summed E-state index contributed by atoms with van der Waals surface area (Å²) in [5.74, 6) is 2.35. The molecule has 3 atom stereocenters. The summed E-state index contributed by atoms with van der Waals surface area (Å²) in [7, 11) is 0. The van der Waals surface area contributed by atoms with Crippen molar-refractivity contribution in [2.75, 3.05) is 13.1 Å². The van der Waals surface area contributed by atoms with E-state index in [9.17, 15) is 0 Å². The van der Waals surface area contributed by atoms with Crippen LogP contribution in [0, 0.1) is 25.7 Å². The molecule has 5 heterocycles. The van der Waals surface area contributed by atoms with Gasteiger partial charge in [-0.05, 0) is 56.5 Å². The van der Waals surface area contributed by atoms with Crippen molar-refractivity contribution in [3.63, 3.8) is 0 Å². The molecule has 6 rings (SSSR count). The Morgan fingerprint density at radius 1 is 1.12 bits per heavy atom. The highest BCUT2D eigenvalue weighted by molar-refractivity contribution is 7.18. The molecule has 26 heavy (non-hydrogen) atoms. The zero-order valence-corrected chi connectivity index (χ0v) is 15.4. The largest absolute Gasteiger partial charge is 0.316 e. The van der Waals surface area contributed by atoms with Crippen molar-refractivity contribution in [3.8, 4) is 11.4 Å². The highest BCUT2D eigenvalue weighted by atomic mass is 32.1. The van der Waals surface area contributed by atoms with Crippen LogP contribution in [0.2, 0.25) is 0 Å². The Morgan fingerprint density at radius 2 is 1.96 bits per heavy atom. The van der Waals surface area contributed by atoms with E-state index in [4.69, 9.17) is 4.98 Å². The molecule has 1 unspecified atom stereocenters. The number of nitrogens with one attached hydrogen (secondary N) is 1. The summed E-state index contributed by atoms with van der Waals surface area (Å²) in [4.78, 5) is 16.5. The molecule has 1 saturated carbocycles. The monoisotopic (exact) mass is 362 g/mol. The van der Waals surface area contributed by atoms with E-state index in [1.54, 1.807) is 11.3 Å². The van der Waals surface area contributed by atoms with Gasteiger partial charge in [-0.1, -0.05) is 0 Å². The van der Waals surface area contributed by atoms with Crippen LogP contribution >= 0.6 is 11.3 Å². The Hall–Kier alpha value is -2.38. The van der Waals surface area contributed by atoms with Crippen LogP contribution in [-0.4, -0.2) is 37.7 Å². The van der Waals surface area contributed by atoms with Gasteiger partial charge in [0, 0.05) is 10.8 Å². The third kappa shape index (κ3) is 2.07. The fourth-order valence-corrected chi connectivity index (χ4v) is 5.57. The molecule has 0 spiro atoms. The molecule has 2 fully saturated rings. The van der Waals surface area contributed by atoms with Gasteiger partial charge in [0.2, 0.25) is 0 Å². The predicted octanol–water partition coefficient (Wildman–Crippen LogP) is 2.95. The molecule has 2 aliphatic rings. The van der Waals surface area contributed by atoms with Gasteiger partial charge in [-0.2, -0.15) is 5.10 Å². The molecule has 1 N–H and O–H groups in total. The second-order valence-corrected chi connectivity index (χ2v) is 8.53. The lowest BCUT2D eigenvalue weighted by atomic mass is 10.2. The van der Waals surface area contributed by atoms with Gasteiger partial charge in [-0.15, -0.1) is 11.3 Å². The number of imidazole rings is 1. The fraction of sp³-hybridized carbons (Fsp3) is 0.368. The SMILES string of the molecule is Cc1cn2nc(-c3cnc4cc(C5[C@H]6CNC[C@@H]56)sc4n3)cc(C)c2n1. The number of nitrogens with zero attached hydrogens (tertiary/aromatic N) is 5. The number of piperidine rings is 1. The maximum absolute atomic E-state index is 4.87. The first-order chi connectivity index (χ1) is 12.7. The summed E-state index contributed by atoms with van der Waals surface area (Å²) in [6.07, 6.45) is 3.78. The smallest absolute Gasteiger partial charge is 0.156 e. The van der Waals surface area contributed by atoms with Crippen LogP contribution in [0.1, 0.15) is 22.1 Å². The molecule has 130 valence electrons. The van der Waals surface area contributed by atoms with Crippen LogP contribution in [0.3, 0.4) is 0 Å². The van der Waals surface area contributed by atoms with E-state index in [-0.39, 0.29) is 0 Å². The fourth-order valence-electron chi connectivity index (χ4n) is 4.33. The molecule has 0 radical (unpaired) electrons. The summed E-state index contributed by atoms with van der Waals surface area (Å²) in [5.41, 5.74) is 5.61. The minimum Gasteiger partial charge on any atom is -0.316 e. The molecule has 4 aromatic heterocycles. The summed E-state index contributed by atoms with van der Waals surface area (Å²) in [5, 5.41) is 8.15. The second kappa shape index (κ2) is 5.08. The normalized spacial score (nSPS) is 24.5. The van der Waals surface area contributed by atoms with Gasteiger partial charge >= 0.3 is 0 Å². The minimum absolute atomic E-state index is 0.714. The Kier molecular flexibility index (Phi) is 2.88. The number of hydrogen-bond donors (Lipinski definition) is 1. The Morgan fingerprint density at radius 3 is 2.81 bits per heavy atom. The lowest BCUT2D eigenvalue weighted by molar-refractivity contribution is 0.690.